The minimum atomic E-state index is -1.61. The van der Waals surface area contributed by atoms with Crippen molar-refractivity contribution in [2.45, 2.75) is 38.8 Å². The summed E-state index contributed by atoms with van der Waals surface area (Å²) in [5.41, 5.74) is 0. The third-order valence-corrected chi connectivity index (χ3v) is 8.14. The number of esters is 1. The van der Waals surface area contributed by atoms with Gasteiger partial charge in [0.25, 0.3) is 0 Å². The molecule has 0 aromatic carbocycles. The average molecular weight is 291 g/mol. The van der Waals surface area contributed by atoms with Gasteiger partial charge in [0.15, 0.2) is 16.6 Å². The van der Waals surface area contributed by atoms with Crippen molar-refractivity contribution in [1.82, 2.24) is 0 Å². The number of hydrogen-bond acceptors (Lipinski definition) is 4. The van der Waals surface area contributed by atoms with E-state index < -0.39 is 22.6 Å². The van der Waals surface area contributed by atoms with E-state index in [2.05, 4.69) is 39.3 Å². The molecule has 0 aliphatic carbocycles. The van der Waals surface area contributed by atoms with Gasteiger partial charge in [-0.2, -0.15) is 0 Å². The second kappa shape index (κ2) is 7.88. The van der Waals surface area contributed by atoms with Crippen LogP contribution in [0.2, 0.25) is 38.8 Å². The van der Waals surface area contributed by atoms with Crippen molar-refractivity contribution in [1.29, 1.82) is 0 Å². The molecule has 18 heavy (non-hydrogen) atoms. The SMILES string of the molecule is C=CC(=O)OCCOCC[Si](C)(C)O[Si](C)(C)C. The quantitative estimate of drug-likeness (QED) is 0.283. The van der Waals surface area contributed by atoms with Gasteiger partial charge in [0.2, 0.25) is 0 Å². The lowest BCUT2D eigenvalue weighted by molar-refractivity contribution is -0.139. The van der Waals surface area contributed by atoms with Gasteiger partial charge in [-0.1, -0.05) is 6.58 Å². The Balaban J connectivity index is 3.65. The Kier molecular flexibility index (Phi) is 7.69. The van der Waals surface area contributed by atoms with Gasteiger partial charge < -0.3 is 13.6 Å². The fourth-order valence-corrected chi connectivity index (χ4v) is 9.24. The van der Waals surface area contributed by atoms with E-state index in [0.29, 0.717) is 13.2 Å². The highest BCUT2D eigenvalue weighted by Gasteiger charge is 2.29. The third kappa shape index (κ3) is 10.7. The van der Waals surface area contributed by atoms with Crippen molar-refractivity contribution in [3.63, 3.8) is 0 Å². The maximum atomic E-state index is 10.8. The van der Waals surface area contributed by atoms with Gasteiger partial charge in [0.05, 0.1) is 6.61 Å². The van der Waals surface area contributed by atoms with E-state index in [4.69, 9.17) is 13.6 Å². The van der Waals surface area contributed by atoms with Crippen LogP contribution in [0.25, 0.3) is 0 Å². The molecule has 0 amide bonds. The molecule has 6 heteroatoms. The molecule has 0 aliphatic heterocycles. The van der Waals surface area contributed by atoms with Gasteiger partial charge in [-0.25, -0.2) is 4.79 Å². The minimum absolute atomic E-state index is 0.279. The molecule has 0 saturated heterocycles. The molecule has 0 aromatic rings. The van der Waals surface area contributed by atoms with Crippen LogP contribution in [0.15, 0.2) is 12.7 Å². The van der Waals surface area contributed by atoms with Crippen molar-refractivity contribution in [2.75, 3.05) is 19.8 Å². The summed E-state index contributed by atoms with van der Waals surface area (Å²) in [5.74, 6) is -0.407. The summed E-state index contributed by atoms with van der Waals surface area (Å²) in [5, 5.41) is 0. The minimum Gasteiger partial charge on any atom is -0.460 e. The second-order valence-electron chi connectivity index (χ2n) is 5.71. The fraction of sp³-hybridized carbons (Fsp3) is 0.750. The highest BCUT2D eigenvalue weighted by atomic mass is 28.4. The molecule has 0 atom stereocenters. The van der Waals surface area contributed by atoms with E-state index in [-0.39, 0.29) is 6.61 Å². The molecule has 0 spiro atoms. The summed E-state index contributed by atoms with van der Waals surface area (Å²) in [4.78, 5) is 10.8. The number of rotatable bonds is 9. The van der Waals surface area contributed by atoms with Gasteiger partial charge in [0, 0.05) is 12.7 Å². The summed E-state index contributed by atoms with van der Waals surface area (Å²) in [6, 6.07) is 0.965. The number of hydrogen-bond donors (Lipinski definition) is 0. The highest BCUT2D eigenvalue weighted by molar-refractivity contribution is 6.84. The predicted octanol–water partition coefficient (Wildman–Crippen LogP) is 2.79. The predicted molar refractivity (Wildman–Crippen MR) is 78.7 cm³/mol. The lowest BCUT2D eigenvalue weighted by atomic mass is 10.6. The summed E-state index contributed by atoms with van der Waals surface area (Å²) in [6.07, 6.45) is 1.15. The van der Waals surface area contributed by atoms with E-state index in [0.717, 1.165) is 12.1 Å². The summed E-state index contributed by atoms with van der Waals surface area (Å²) in [6.45, 7) is 15.7. The zero-order valence-corrected chi connectivity index (χ0v) is 14.2. The van der Waals surface area contributed by atoms with E-state index >= 15 is 0 Å². The smallest absolute Gasteiger partial charge is 0.330 e. The molecule has 0 fully saturated rings. The first-order valence-electron chi connectivity index (χ1n) is 6.23. The van der Waals surface area contributed by atoms with Crippen molar-refractivity contribution in [2.24, 2.45) is 0 Å². The third-order valence-electron chi connectivity index (χ3n) is 2.07. The van der Waals surface area contributed by atoms with Crippen molar-refractivity contribution in [3.05, 3.63) is 12.7 Å². The number of carbonyl (C=O) groups is 1. The molecule has 0 heterocycles. The van der Waals surface area contributed by atoms with Crippen LogP contribution < -0.4 is 0 Å². The van der Waals surface area contributed by atoms with Crippen molar-refractivity contribution in [3.8, 4) is 0 Å². The molecule has 0 radical (unpaired) electrons. The highest BCUT2D eigenvalue weighted by Crippen LogP contribution is 2.17. The Morgan fingerprint density at radius 2 is 1.72 bits per heavy atom. The zero-order chi connectivity index (χ0) is 14.2. The summed E-state index contributed by atoms with van der Waals surface area (Å²) < 4.78 is 16.4. The second-order valence-corrected chi connectivity index (χ2v) is 14.8. The standard InChI is InChI=1S/C12H26O4Si2/c1-7-12(13)15-9-8-14-10-11-18(5,6)16-17(2,3)4/h7H,1,8-11H2,2-6H3. The largest absolute Gasteiger partial charge is 0.460 e. The molecule has 0 N–H and O–H groups in total. The number of carbonyl (C=O) groups excluding carboxylic acids is 1. The molecular formula is C12H26O4Si2. The summed E-state index contributed by atoms with van der Waals surface area (Å²) >= 11 is 0. The Bertz CT molecular complexity index is 272. The van der Waals surface area contributed by atoms with E-state index in [1.54, 1.807) is 0 Å². The Hall–Kier alpha value is -0.436. The van der Waals surface area contributed by atoms with Crippen LogP contribution in [0.1, 0.15) is 0 Å². The lowest BCUT2D eigenvalue weighted by Crippen LogP contribution is -2.42. The normalized spacial score (nSPS) is 12.3. The molecule has 106 valence electrons. The Morgan fingerprint density at radius 3 is 2.22 bits per heavy atom. The monoisotopic (exact) mass is 290 g/mol. The molecule has 0 aromatic heterocycles. The van der Waals surface area contributed by atoms with E-state index in [9.17, 15) is 4.79 Å². The first kappa shape index (κ1) is 17.6. The fourth-order valence-electron chi connectivity index (χ4n) is 1.56. The maximum absolute atomic E-state index is 10.8. The summed E-state index contributed by atoms with van der Waals surface area (Å²) in [7, 11) is -3.08. The van der Waals surface area contributed by atoms with E-state index in [1.807, 2.05) is 0 Å². The molecule has 0 aliphatic rings. The number of ether oxygens (including phenoxy) is 2. The zero-order valence-electron chi connectivity index (χ0n) is 12.2. The van der Waals surface area contributed by atoms with Crippen LogP contribution >= 0.6 is 0 Å². The molecule has 0 rings (SSSR count). The van der Waals surface area contributed by atoms with Crippen LogP contribution in [0.3, 0.4) is 0 Å². The topological polar surface area (TPSA) is 44.8 Å². The van der Waals surface area contributed by atoms with Crippen LogP contribution in [-0.4, -0.2) is 42.4 Å². The van der Waals surface area contributed by atoms with Gasteiger partial charge in [-0.15, -0.1) is 0 Å². The first-order chi connectivity index (χ1) is 8.16. The van der Waals surface area contributed by atoms with Crippen LogP contribution in [0, 0.1) is 0 Å². The molecule has 0 unspecified atom stereocenters. The van der Waals surface area contributed by atoms with Crippen LogP contribution in [-0.2, 0) is 18.4 Å². The van der Waals surface area contributed by atoms with Gasteiger partial charge in [-0.3, -0.25) is 0 Å². The molecule has 0 saturated carbocycles. The average Bonchev–Trinajstić information content (AvgIpc) is 2.19. The van der Waals surface area contributed by atoms with E-state index in [1.165, 1.54) is 0 Å². The van der Waals surface area contributed by atoms with Gasteiger partial charge in [-0.05, 0) is 38.8 Å². The van der Waals surface area contributed by atoms with Crippen LogP contribution in [0.5, 0.6) is 0 Å². The maximum Gasteiger partial charge on any atom is 0.330 e. The lowest BCUT2D eigenvalue weighted by Gasteiger charge is -2.31. The van der Waals surface area contributed by atoms with Gasteiger partial charge >= 0.3 is 5.97 Å². The molecular weight excluding hydrogens is 264 g/mol. The van der Waals surface area contributed by atoms with Gasteiger partial charge in [0.1, 0.15) is 6.61 Å². The van der Waals surface area contributed by atoms with Crippen molar-refractivity contribution >= 4 is 22.6 Å². The van der Waals surface area contributed by atoms with Crippen molar-refractivity contribution < 1.29 is 18.4 Å². The van der Waals surface area contributed by atoms with Crippen LogP contribution in [0.4, 0.5) is 0 Å². The first-order valence-corrected chi connectivity index (χ1v) is 12.8. The molecule has 4 nitrogen and oxygen atoms in total. The Labute approximate surface area is 113 Å². The molecule has 0 bridgehead atoms. The Morgan fingerprint density at radius 1 is 1.11 bits per heavy atom.